The fourth-order valence-corrected chi connectivity index (χ4v) is 3.16. The molecule has 0 aromatic heterocycles. The third kappa shape index (κ3) is 5.10. The van der Waals surface area contributed by atoms with Crippen molar-refractivity contribution >= 4 is 11.8 Å². The Balaban J connectivity index is 1.93. The number of aliphatic hydroxyl groups excluding tert-OH is 1. The van der Waals surface area contributed by atoms with Crippen molar-refractivity contribution in [3.63, 3.8) is 0 Å². The predicted molar refractivity (Wildman–Crippen MR) is 89.8 cm³/mol. The molecule has 21 heavy (non-hydrogen) atoms. The molecule has 0 unspecified atom stereocenters. The summed E-state index contributed by atoms with van der Waals surface area (Å²) in [4.78, 5) is 1.19. The maximum atomic E-state index is 10.0. The molecule has 0 radical (unpaired) electrons. The van der Waals surface area contributed by atoms with E-state index in [-0.39, 0.29) is 0 Å². The fraction of sp³-hybridized carbons (Fsp3) is 0.333. The number of aromatic hydroxyl groups is 1. The lowest BCUT2D eigenvalue weighted by atomic mass is 10.1. The molecular formula is C18H22O2S. The first-order valence-corrected chi connectivity index (χ1v) is 8.42. The van der Waals surface area contributed by atoms with Crippen LogP contribution >= 0.6 is 11.8 Å². The highest BCUT2D eigenvalue weighted by Gasteiger charge is 2.05. The maximum absolute atomic E-state index is 10.0. The highest BCUT2D eigenvalue weighted by molar-refractivity contribution is 7.99. The summed E-state index contributed by atoms with van der Waals surface area (Å²) in [6.07, 6.45) is 4.33. The Kier molecular flexibility index (Phi) is 6.64. The van der Waals surface area contributed by atoms with Gasteiger partial charge in [0, 0.05) is 17.1 Å². The molecule has 2 nitrogen and oxygen atoms in total. The van der Waals surface area contributed by atoms with Gasteiger partial charge in [-0.15, -0.1) is 11.8 Å². The molecule has 2 N–H and O–H groups in total. The topological polar surface area (TPSA) is 40.5 Å². The van der Waals surface area contributed by atoms with Gasteiger partial charge < -0.3 is 10.2 Å². The van der Waals surface area contributed by atoms with Gasteiger partial charge in [-0.05, 0) is 42.4 Å². The highest BCUT2D eigenvalue weighted by Crippen LogP contribution is 2.33. The Bertz CT molecular complexity index is 540. The molecule has 0 amide bonds. The number of hydrogen-bond acceptors (Lipinski definition) is 3. The maximum Gasteiger partial charge on any atom is 0.123 e. The highest BCUT2D eigenvalue weighted by atomic mass is 32.2. The van der Waals surface area contributed by atoms with E-state index < -0.39 is 0 Å². The van der Waals surface area contributed by atoms with E-state index in [1.165, 1.54) is 4.90 Å². The minimum Gasteiger partial charge on any atom is -0.507 e. The van der Waals surface area contributed by atoms with Crippen LogP contribution in [0.1, 0.15) is 25.7 Å². The number of phenolic OH excluding ortho intramolecular Hbond substituents is 1. The molecule has 0 saturated carbocycles. The molecule has 0 fully saturated rings. The van der Waals surface area contributed by atoms with Crippen molar-refractivity contribution in [1.29, 1.82) is 0 Å². The zero-order chi connectivity index (χ0) is 14.9. The van der Waals surface area contributed by atoms with Gasteiger partial charge in [0.2, 0.25) is 0 Å². The van der Waals surface area contributed by atoms with E-state index in [0.29, 0.717) is 12.4 Å². The number of rotatable bonds is 8. The smallest absolute Gasteiger partial charge is 0.123 e. The molecule has 0 aliphatic carbocycles. The van der Waals surface area contributed by atoms with Gasteiger partial charge >= 0.3 is 0 Å². The first-order chi connectivity index (χ1) is 10.3. The Hall–Kier alpha value is -1.45. The van der Waals surface area contributed by atoms with Crippen LogP contribution in [0.2, 0.25) is 0 Å². The molecule has 0 spiro atoms. The summed E-state index contributed by atoms with van der Waals surface area (Å²) in [6.45, 7) is 0.297. The van der Waals surface area contributed by atoms with E-state index in [2.05, 4.69) is 6.07 Å². The van der Waals surface area contributed by atoms with Gasteiger partial charge in [0.05, 0.1) is 0 Å². The average Bonchev–Trinajstić information content (AvgIpc) is 2.53. The van der Waals surface area contributed by atoms with Crippen LogP contribution in [0.3, 0.4) is 0 Å². The van der Waals surface area contributed by atoms with Crippen LogP contribution < -0.4 is 0 Å². The molecular weight excluding hydrogens is 280 g/mol. The summed E-state index contributed by atoms with van der Waals surface area (Å²) in [5.74, 6) is 1.40. The quantitative estimate of drug-likeness (QED) is 0.548. The van der Waals surface area contributed by atoms with Crippen LogP contribution in [0.15, 0.2) is 53.4 Å². The van der Waals surface area contributed by atoms with Gasteiger partial charge in [0.15, 0.2) is 0 Å². The molecule has 2 rings (SSSR count). The van der Waals surface area contributed by atoms with Crippen molar-refractivity contribution in [2.75, 3.05) is 12.4 Å². The number of benzene rings is 2. The first kappa shape index (κ1) is 15.9. The van der Waals surface area contributed by atoms with E-state index in [4.69, 9.17) is 5.11 Å². The largest absolute Gasteiger partial charge is 0.507 e. The number of phenols is 1. The molecule has 112 valence electrons. The lowest BCUT2D eigenvalue weighted by molar-refractivity contribution is 0.283. The number of hydrogen-bond donors (Lipinski definition) is 2. The standard InChI is InChI=1S/C18H22O2S/c19-12-6-1-2-7-13-21-16-10-11-18(20)17(14-16)15-8-4-3-5-9-15/h3-5,8-11,14,19-20H,1-2,6-7,12-13H2. The molecule has 2 aromatic carbocycles. The van der Waals surface area contributed by atoms with Crippen molar-refractivity contribution in [2.45, 2.75) is 30.6 Å². The van der Waals surface area contributed by atoms with Gasteiger partial charge in [-0.2, -0.15) is 0 Å². The van der Waals surface area contributed by atoms with Crippen LogP contribution in [-0.2, 0) is 0 Å². The minimum atomic E-state index is 0.297. The Labute approximate surface area is 130 Å². The molecule has 2 aromatic rings. The number of unbranched alkanes of at least 4 members (excludes halogenated alkanes) is 3. The summed E-state index contributed by atoms with van der Waals surface area (Å²) in [5, 5.41) is 18.8. The van der Waals surface area contributed by atoms with Gasteiger partial charge in [0.25, 0.3) is 0 Å². The predicted octanol–water partition coefficient (Wildman–Crippen LogP) is 4.70. The van der Waals surface area contributed by atoms with Crippen molar-refractivity contribution in [2.24, 2.45) is 0 Å². The van der Waals surface area contributed by atoms with E-state index >= 15 is 0 Å². The number of aliphatic hydroxyl groups is 1. The monoisotopic (exact) mass is 302 g/mol. The van der Waals surface area contributed by atoms with Crippen molar-refractivity contribution in [1.82, 2.24) is 0 Å². The molecule has 0 heterocycles. The van der Waals surface area contributed by atoms with Crippen molar-refractivity contribution in [3.05, 3.63) is 48.5 Å². The van der Waals surface area contributed by atoms with Crippen LogP contribution in [0.4, 0.5) is 0 Å². The summed E-state index contributed by atoms with van der Waals surface area (Å²) in [5.41, 5.74) is 1.93. The van der Waals surface area contributed by atoms with Gasteiger partial charge in [-0.1, -0.05) is 43.2 Å². The summed E-state index contributed by atoms with van der Waals surface area (Å²) in [6, 6.07) is 15.8. The Morgan fingerprint density at radius 1 is 0.857 bits per heavy atom. The molecule has 0 aliphatic heterocycles. The van der Waals surface area contributed by atoms with E-state index in [0.717, 1.165) is 42.6 Å². The molecule has 0 bridgehead atoms. The van der Waals surface area contributed by atoms with Crippen molar-refractivity contribution < 1.29 is 10.2 Å². The van der Waals surface area contributed by atoms with Crippen LogP contribution in [0, 0.1) is 0 Å². The summed E-state index contributed by atoms with van der Waals surface area (Å²) < 4.78 is 0. The van der Waals surface area contributed by atoms with E-state index in [9.17, 15) is 5.11 Å². The zero-order valence-corrected chi connectivity index (χ0v) is 13.0. The molecule has 3 heteroatoms. The third-order valence-corrected chi connectivity index (χ3v) is 4.45. The SMILES string of the molecule is OCCCCCCSc1ccc(O)c(-c2ccccc2)c1. The molecule has 0 saturated heterocycles. The second-order valence-corrected chi connectivity index (χ2v) is 6.20. The zero-order valence-electron chi connectivity index (χ0n) is 12.2. The van der Waals surface area contributed by atoms with Gasteiger partial charge in [-0.25, -0.2) is 0 Å². The number of thioether (sulfide) groups is 1. The second-order valence-electron chi connectivity index (χ2n) is 5.03. The molecule has 0 atom stereocenters. The third-order valence-electron chi connectivity index (χ3n) is 3.37. The van der Waals surface area contributed by atoms with E-state index in [1.807, 2.05) is 48.2 Å². The minimum absolute atomic E-state index is 0.297. The van der Waals surface area contributed by atoms with Gasteiger partial charge in [-0.3, -0.25) is 0 Å². The normalized spacial score (nSPS) is 10.7. The van der Waals surface area contributed by atoms with Gasteiger partial charge in [0.1, 0.15) is 5.75 Å². The molecule has 0 aliphatic rings. The van der Waals surface area contributed by atoms with Crippen LogP contribution in [-0.4, -0.2) is 22.6 Å². The summed E-state index contributed by atoms with van der Waals surface area (Å²) in [7, 11) is 0. The Morgan fingerprint density at radius 3 is 2.38 bits per heavy atom. The Morgan fingerprint density at radius 2 is 1.62 bits per heavy atom. The van der Waals surface area contributed by atoms with Crippen molar-refractivity contribution in [3.8, 4) is 16.9 Å². The van der Waals surface area contributed by atoms with E-state index in [1.54, 1.807) is 6.07 Å². The fourth-order valence-electron chi connectivity index (χ4n) is 2.21. The van der Waals surface area contributed by atoms with Crippen LogP contribution in [0.5, 0.6) is 5.75 Å². The summed E-state index contributed by atoms with van der Waals surface area (Å²) >= 11 is 1.82. The van der Waals surface area contributed by atoms with Crippen LogP contribution in [0.25, 0.3) is 11.1 Å². The average molecular weight is 302 g/mol. The lowest BCUT2D eigenvalue weighted by Crippen LogP contribution is -1.86. The lowest BCUT2D eigenvalue weighted by Gasteiger charge is -2.08. The first-order valence-electron chi connectivity index (χ1n) is 7.43. The second kappa shape index (κ2) is 8.75.